The molecule has 0 spiro atoms. The molecule has 1 saturated heterocycles. The minimum Gasteiger partial charge on any atom is -0.496 e. The smallest absolute Gasteiger partial charge is 0.422 e. The number of nitrogens with zero attached hydrogens (tertiary/aromatic N) is 1. The van der Waals surface area contributed by atoms with Gasteiger partial charge in [-0.15, -0.1) is 0 Å². The molecule has 29 heavy (non-hydrogen) atoms. The van der Waals surface area contributed by atoms with Crippen LogP contribution in [0.25, 0.3) is 11.3 Å². The van der Waals surface area contributed by atoms with Crippen molar-refractivity contribution in [1.29, 1.82) is 0 Å². The first-order valence-electron chi connectivity index (χ1n) is 9.03. The van der Waals surface area contributed by atoms with Gasteiger partial charge >= 0.3 is 6.18 Å². The summed E-state index contributed by atoms with van der Waals surface area (Å²) < 4.78 is 63.7. The molecule has 0 aliphatic carbocycles. The van der Waals surface area contributed by atoms with Crippen LogP contribution in [0.15, 0.2) is 30.3 Å². The molecule has 3 rings (SSSR count). The Bertz CT molecular complexity index is 805. The van der Waals surface area contributed by atoms with E-state index < -0.39 is 12.8 Å². The molecule has 1 aromatic heterocycles. The summed E-state index contributed by atoms with van der Waals surface area (Å²) in [5, 5.41) is 0. The van der Waals surface area contributed by atoms with Crippen molar-refractivity contribution in [3.8, 4) is 28.6 Å². The van der Waals surface area contributed by atoms with Crippen LogP contribution in [0.5, 0.6) is 17.4 Å². The Morgan fingerprint density at radius 3 is 2.52 bits per heavy atom. The van der Waals surface area contributed by atoms with Crippen molar-refractivity contribution in [2.24, 2.45) is 0 Å². The Balaban J connectivity index is 1.76. The summed E-state index contributed by atoms with van der Waals surface area (Å²) in [6.45, 7) is 2.33. The van der Waals surface area contributed by atoms with E-state index in [1.807, 2.05) is 6.92 Å². The maximum atomic E-state index is 12.3. The van der Waals surface area contributed by atoms with Crippen LogP contribution in [-0.4, -0.2) is 57.4 Å². The lowest BCUT2D eigenvalue weighted by Crippen LogP contribution is -2.33. The summed E-state index contributed by atoms with van der Waals surface area (Å²) >= 11 is 0. The molecule has 6 nitrogen and oxygen atoms in total. The lowest BCUT2D eigenvalue weighted by molar-refractivity contribution is -0.153. The van der Waals surface area contributed by atoms with E-state index in [-0.39, 0.29) is 18.5 Å². The molecule has 1 atom stereocenters. The summed E-state index contributed by atoms with van der Waals surface area (Å²) in [7, 11) is 1.54. The molecular weight excluding hydrogens is 391 g/mol. The van der Waals surface area contributed by atoms with Crippen LogP contribution in [-0.2, 0) is 9.47 Å². The lowest BCUT2D eigenvalue weighted by atomic mass is 10.1. The molecule has 1 aliphatic rings. The number of aromatic nitrogens is 1. The molecule has 2 heterocycles. The minimum absolute atomic E-state index is 0.123. The monoisotopic (exact) mass is 413 g/mol. The van der Waals surface area contributed by atoms with Gasteiger partial charge in [0.15, 0.2) is 6.61 Å². The molecule has 1 fully saturated rings. The van der Waals surface area contributed by atoms with Crippen molar-refractivity contribution < 1.29 is 36.9 Å². The van der Waals surface area contributed by atoms with Crippen molar-refractivity contribution in [3.63, 3.8) is 0 Å². The third-order valence-electron chi connectivity index (χ3n) is 4.25. The standard InChI is InChI=1S/C20H22F3NO5/c1-13-17(25-2)9-18(28-11-16-10-26-7-8-27-16)24-19(13)14-3-5-15(6-4-14)29-12-20(21,22)23/h3-6,9,16H,7-8,10-12H2,1-2H3/t16-/m1/s1. The molecule has 0 amide bonds. The van der Waals surface area contributed by atoms with Crippen molar-refractivity contribution in [1.82, 2.24) is 4.98 Å². The molecule has 0 bridgehead atoms. The molecule has 1 aromatic carbocycles. The van der Waals surface area contributed by atoms with Crippen LogP contribution in [0.1, 0.15) is 5.56 Å². The average molecular weight is 413 g/mol. The summed E-state index contributed by atoms with van der Waals surface area (Å²) in [4.78, 5) is 4.53. The van der Waals surface area contributed by atoms with Gasteiger partial charge in [0.05, 0.1) is 32.6 Å². The van der Waals surface area contributed by atoms with E-state index in [9.17, 15) is 13.2 Å². The fourth-order valence-corrected chi connectivity index (χ4v) is 2.82. The van der Waals surface area contributed by atoms with E-state index in [2.05, 4.69) is 4.98 Å². The highest BCUT2D eigenvalue weighted by Crippen LogP contribution is 2.33. The highest BCUT2D eigenvalue weighted by atomic mass is 19.4. The van der Waals surface area contributed by atoms with E-state index in [4.69, 9.17) is 23.7 Å². The van der Waals surface area contributed by atoms with Gasteiger partial charge in [-0.3, -0.25) is 0 Å². The van der Waals surface area contributed by atoms with Crippen molar-refractivity contribution in [3.05, 3.63) is 35.9 Å². The zero-order chi connectivity index (χ0) is 20.9. The largest absolute Gasteiger partial charge is 0.496 e. The third-order valence-corrected chi connectivity index (χ3v) is 4.25. The van der Waals surface area contributed by atoms with Crippen LogP contribution in [0.2, 0.25) is 0 Å². The molecule has 0 unspecified atom stereocenters. The highest BCUT2D eigenvalue weighted by molar-refractivity contribution is 5.67. The van der Waals surface area contributed by atoms with Gasteiger partial charge in [0, 0.05) is 17.2 Å². The molecule has 0 radical (unpaired) electrons. The number of hydrogen-bond donors (Lipinski definition) is 0. The summed E-state index contributed by atoms with van der Waals surface area (Å²) in [5.41, 5.74) is 2.08. The van der Waals surface area contributed by atoms with Gasteiger partial charge in [0.25, 0.3) is 0 Å². The van der Waals surface area contributed by atoms with Crippen LogP contribution >= 0.6 is 0 Å². The summed E-state index contributed by atoms with van der Waals surface area (Å²) in [6.07, 6.45) is -4.56. The molecule has 9 heteroatoms. The number of alkyl halides is 3. The van der Waals surface area contributed by atoms with Crippen LogP contribution in [0.4, 0.5) is 13.2 Å². The Kier molecular flexibility index (Phi) is 6.81. The molecule has 158 valence electrons. The van der Waals surface area contributed by atoms with Gasteiger partial charge < -0.3 is 23.7 Å². The van der Waals surface area contributed by atoms with Crippen LogP contribution < -0.4 is 14.2 Å². The Morgan fingerprint density at radius 1 is 1.14 bits per heavy atom. The van der Waals surface area contributed by atoms with Gasteiger partial charge in [-0.05, 0) is 31.2 Å². The molecular formula is C20H22F3NO5. The van der Waals surface area contributed by atoms with Gasteiger partial charge in [-0.1, -0.05) is 0 Å². The predicted octanol–water partition coefficient (Wildman–Crippen LogP) is 3.80. The number of rotatable bonds is 7. The molecule has 0 N–H and O–H groups in total. The second-order valence-electron chi connectivity index (χ2n) is 6.44. The second-order valence-corrected chi connectivity index (χ2v) is 6.44. The first kappa shape index (κ1) is 21.2. The Hall–Kier alpha value is -2.52. The molecule has 0 saturated carbocycles. The first-order chi connectivity index (χ1) is 13.9. The van der Waals surface area contributed by atoms with Gasteiger partial charge in [-0.25, -0.2) is 4.98 Å². The minimum atomic E-state index is -4.39. The highest BCUT2D eigenvalue weighted by Gasteiger charge is 2.28. The van der Waals surface area contributed by atoms with E-state index in [1.54, 1.807) is 25.3 Å². The fraction of sp³-hybridized carbons (Fsp3) is 0.450. The number of ether oxygens (including phenoxy) is 5. The van der Waals surface area contributed by atoms with Crippen molar-refractivity contribution >= 4 is 0 Å². The number of hydrogen-bond acceptors (Lipinski definition) is 6. The zero-order valence-corrected chi connectivity index (χ0v) is 16.1. The van der Waals surface area contributed by atoms with Crippen molar-refractivity contribution in [2.75, 3.05) is 40.1 Å². The zero-order valence-electron chi connectivity index (χ0n) is 16.1. The lowest BCUT2D eigenvalue weighted by Gasteiger charge is -2.23. The second kappa shape index (κ2) is 9.32. The van der Waals surface area contributed by atoms with E-state index in [1.165, 1.54) is 12.1 Å². The number of pyridine rings is 1. The van der Waals surface area contributed by atoms with E-state index in [0.29, 0.717) is 42.7 Å². The molecule has 2 aromatic rings. The van der Waals surface area contributed by atoms with Gasteiger partial charge in [0.2, 0.25) is 5.88 Å². The predicted molar refractivity (Wildman–Crippen MR) is 98.6 cm³/mol. The number of methoxy groups -OCH3 is 1. The van der Waals surface area contributed by atoms with E-state index >= 15 is 0 Å². The molecule has 1 aliphatic heterocycles. The van der Waals surface area contributed by atoms with Crippen LogP contribution in [0.3, 0.4) is 0 Å². The van der Waals surface area contributed by atoms with Gasteiger partial charge in [0.1, 0.15) is 24.2 Å². The van der Waals surface area contributed by atoms with Crippen molar-refractivity contribution in [2.45, 2.75) is 19.2 Å². The summed E-state index contributed by atoms with van der Waals surface area (Å²) in [6, 6.07) is 7.90. The normalized spacial score (nSPS) is 17.1. The number of halogens is 3. The average Bonchev–Trinajstić information content (AvgIpc) is 2.72. The third kappa shape index (κ3) is 5.98. The topological polar surface area (TPSA) is 59.0 Å². The van der Waals surface area contributed by atoms with Crippen LogP contribution in [0, 0.1) is 6.92 Å². The maximum Gasteiger partial charge on any atom is 0.422 e. The Morgan fingerprint density at radius 2 is 1.90 bits per heavy atom. The number of benzene rings is 1. The van der Waals surface area contributed by atoms with Gasteiger partial charge in [-0.2, -0.15) is 13.2 Å². The van der Waals surface area contributed by atoms with E-state index in [0.717, 1.165) is 5.56 Å². The summed E-state index contributed by atoms with van der Waals surface area (Å²) in [5.74, 6) is 1.06. The SMILES string of the molecule is COc1cc(OC[C@H]2COCCO2)nc(-c2ccc(OCC(F)(F)F)cc2)c1C. The quantitative estimate of drug-likeness (QED) is 0.688. The fourth-order valence-electron chi connectivity index (χ4n) is 2.82. The maximum absolute atomic E-state index is 12.3. The Labute approximate surface area is 166 Å². The first-order valence-corrected chi connectivity index (χ1v) is 9.03.